The average molecular weight is 192 g/mol. The third-order valence-corrected chi connectivity index (χ3v) is 4.07. The molecule has 1 saturated heterocycles. The minimum absolute atomic E-state index is 0.0694. The predicted octanol–water partition coefficient (Wildman–Crippen LogP) is 2.29. The van der Waals surface area contributed by atoms with Crippen LogP contribution in [-0.2, 0) is 9.53 Å². The molecule has 0 aromatic heterocycles. The minimum Gasteiger partial charge on any atom is -0.461 e. The topological polar surface area (TPSA) is 26.3 Å². The van der Waals surface area contributed by atoms with Crippen LogP contribution in [0.2, 0.25) is 0 Å². The van der Waals surface area contributed by atoms with E-state index >= 15 is 0 Å². The van der Waals surface area contributed by atoms with Crippen LogP contribution in [0.3, 0.4) is 0 Å². The maximum atomic E-state index is 11.7. The van der Waals surface area contributed by atoms with Crippen molar-refractivity contribution in [2.24, 2.45) is 17.8 Å². The summed E-state index contributed by atoms with van der Waals surface area (Å²) in [4.78, 5) is 11.7. The molecule has 76 valence electrons. The van der Waals surface area contributed by atoms with Crippen molar-refractivity contribution in [3.8, 4) is 0 Å². The molecule has 2 heteroatoms. The number of ether oxygens (including phenoxy) is 1. The fourth-order valence-corrected chi connectivity index (χ4v) is 3.37. The lowest BCUT2D eigenvalue weighted by molar-refractivity contribution is -0.145. The van der Waals surface area contributed by atoms with Crippen molar-refractivity contribution in [1.82, 2.24) is 0 Å². The minimum atomic E-state index is 0.0694. The highest BCUT2D eigenvalue weighted by Gasteiger charge is 2.50. The van der Waals surface area contributed by atoms with Crippen molar-refractivity contribution in [1.29, 1.82) is 0 Å². The lowest BCUT2D eigenvalue weighted by atomic mass is 9.68. The largest absolute Gasteiger partial charge is 0.461 e. The standard InChI is InChI=1S/C12H16O2/c1-7-5-6-8-3-2-4-9-11(8)10(7)12(13)14-9/h6-7,9-11H,2-5H2,1H3/t7-,9-,10-,11+/m1/s1. The van der Waals surface area contributed by atoms with Crippen molar-refractivity contribution in [2.75, 3.05) is 0 Å². The van der Waals surface area contributed by atoms with E-state index < -0.39 is 0 Å². The Bertz CT molecular complexity index is 305. The SMILES string of the molecule is C[C@@H]1CC=C2CCC[C@H]3OC(=O)[C@H]1[C@@H]23. The molecule has 3 rings (SSSR count). The summed E-state index contributed by atoms with van der Waals surface area (Å²) in [6.45, 7) is 2.18. The zero-order valence-electron chi connectivity index (χ0n) is 8.53. The molecule has 1 saturated carbocycles. The van der Waals surface area contributed by atoms with E-state index in [-0.39, 0.29) is 18.0 Å². The van der Waals surface area contributed by atoms with E-state index in [1.54, 1.807) is 0 Å². The molecule has 1 heterocycles. The van der Waals surface area contributed by atoms with E-state index in [0.29, 0.717) is 11.8 Å². The first-order chi connectivity index (χ1) is 6.77. The molecule has 0 spiro atoms. The van der Waals surface area contributed by atoms with Gasteiger partial charge in [0.25, 0.3) is 0 Å². The number of hydrogen-bond acceptors (Lipinski definition) is 2. The molecule has 2 nitrogen and oxygen atoms in total. The molecule has 0 bridgehead atoms. The summed E-state index contributed by atoms with van der Waals surface area (Å²) in [5.41, 5.74) is 1.51. The molecule has 1 aliphatic heterocycles. The average Bonchev–Trinajstić information content (AvgIpc) is 2.51. The van der Waals surface area contributed by atoms with Crippen LogP contribution in [0.4, 0.5) is 0 Å². The van der Waals surface area contributed by atoms with Crippen molar-refractivity contribution in [3.05, 3.63) is 11.6 Å². The van der Waals surface area contributed by atoms with Gasteiger partial charge in [0, 0.05) is 5.92 Å². The first-order valence-corrected chi connectivity index (χ1v) is 5.67. The predicted molar refractivity (Wildman–Crippen MR) is 52.6 cm³/mol. The second-order valence-electron chi connectivity index (χ2n) is 4.91. The smallest absolute Gasteiger partial charge is 0.310 e. The fraction of sp³-hybridized carbons (Fsp3) is 0.750. The maximum absolute atomic E-state index is 11.7. The first-order valence-electron chi connectivity index (χ1n) is 5.67. The van der Waals surface area contributed by atoms with Gasteiger partial charge < -0.3 is 4.74 Å². The third-order valence-electron chi connectivity index (χ3n) is 4.07. The van der Waals surface area contributed by atoms with Gasteiger partial charge >= 0.3 is 5.97 Å². The summed E-state index contributed by atoms with van der Waals surface area (Å²) < 4.78 is 5.47. The molecule has 0 aromatic carbocycles. The van der Waals surface area contributed by atoms with E-state index in [4.69, 9.17) is 4.74 Å². The summed E-state index contributed by atoms with van der Waals surface area (Å²) in [5.74, 6) is 1.18. The Labute approximate surface area is 84.3 Å². The van der Waals surface area contributed by atoms with Gasteiger partial charge in [-0.05, 0) is 31.6 Å². The van der Waals surface area contributed by atoms with Gasteiger partial charge in [0.2, 0.25) is 0 Å². The first kappa shape index (κ1) is 8.51. The molecule has 2 fully saturated rings. The molecule has 2 aliphatic carbocycles. The van der Waals surface area contributed by atoms with Crippen molar-refractivity contribution in [3.63, 3.8) is 0 Å². The van der Waals surface area contributed by atoms with Gasteiger partial charge in [0.15, 0.2) is 0 Å². The van der Waals surface area contributed by atoms with Gasteiger partial charge in [0.05, 0.1) is 5.92 Å². The number of hydrogen-bond donors (Lipinski definition) is 0. The molecule has 4 atom stereocenters. The van der Waals surface area contributed by atoms with Crippen LogP contribution in [0.25, 0.3) is 0 Å². The second-order valence-corrected chi connectivity index (χ2v) is 4.91. The Morgan fingerprint density at radius 3 is 3.14 bits per heavy atom. The summed E-state index contributed by atoms with van der Waals surface area (Å²) in [6, 6.07) is 0. The Hall–Kier alpha value is -0.790. The van der Waals surface area contributed by atoms with Gasteiger partial charge in [0.1, 0.15) is 6.10 Å². The molecule has 0 unspecified atom stereocenters. The Morgan fingerprint density at radius 1 is 1.43 bits per heavy atom. The van der Waals surface area contributed by atoms with Crippen LogP contribution in [0, 0.1) is 17.8 Å². The van der Waals surface area contributed by atoms with Gasteiger partial charge in [-0.1, -0.05) is 18.6 Å². The molecule has 0 amide bonds. The van der Waals surface area contributed by atoms with E-state index in [9.17, 15) is 4.79 Å². The van der Waals surface area contributed by atoms with E-state index in [2.05, 4.69) is 13.0 Å². The Morgan fingerprint density at radius 2 is 2.29 bits per heavy atom. The number of allylic oxidation sites excluding steroid dienone is 1. The third kappa shape index (κ3) is 0.999. The normalized spacial score (nSPS) is 45.5. The Kier molecular flexibility index (Phi) is 1.73. The molecule has 0 N–H and O–H groups in total. The number of carbonyl (C=O) groups is 1. The molecular formula is C12H16O2. The monoisotopic (exact) mass is 192 g/mol. The van der Waals surface area contributed by atoms with E-state index in [0.717, 1.165) is 12.8 Å². The zero-order valence-corrected chi connectivity index (χ0v) is 8.53. The molecule has 3 aliphatic rings. The maximum Gasteiger partial charge on any atom is 0.310 e. The second kappa shape index (κ2) is 2.85. The number of rotatable bonds is 0. The summed E-state index contributed by atoms with van der Waals surface area (Å²) >= 11 is 0. The van der Waals surface area contributed by atoms with Crippen LogP contribution in [0.1, 0.15) is 32.6 Å². The van der Waals surface area contributed by atoms with E-state index in [1.807, 2.05) is 0 Å². The van der Waals surface area contributed by atoms with Gasteiger partial charge in [-0.2, -0.15) is 0 Å². The van der Waals surface area contributed by atoms with E-state index in [1.165, 1.54) is 18.4 Å². The molecule has 0 radical (unpaired) electrons. The summed E-state index contributed by atoms with van der Waals surface area (Å²) in [7, 11) is 0. The summed E-state index contributed by atoms with van der Waals surface area (Å²) in [6.07, 6.45) is 7.12. The lowest BCUT2D eigenvalue weighted by Gasteiger charge is -2.34. The van der Waals surface area contributed by atoms with Crippen molar-refractivity contribution in [2.45, 2.75) is 38.7 Å². The Balaban J connectivity index is 2.01. The molecule has 14 heavy (non-hydrogen) atoms. The molecular weight excluding hydrogens is 176 g/mol. The lowest BCUT2D eigenvalue weighted by Crippen LogP contribution is -2.33. The summed E-state index contributed by atoms with van der Waals surface area (Å²) in [5, 5.41) is 0. The van der Waals surface area contributed by atoms with Crippen molar-refractivity contribution < 1.29 is 9.53 Å². The highest BCUT2D eigenvalue weighted by Crippen LogP contribution is 2.48. The van der Waals surface area contributed by atoms with Gasteiger partial charge in [-0.25, -0.2) is 0 Å². The van der Waals surface area contributed by atoms with Crippen LogP contribution >= 0.6 is 0 Å². The highest BCUT2D eigenvalue weighted by atomic mass is 16.6. The highest BCUT2D eigenvalue weighted by molar-refractivity contribution is 5.77. The van der Waals surface area contributed by atoms with Crippen LogP contribution in [-0.4, -0.2) is 12.1 Å². The number of esters is 1. The number of carbonyl (C=O) groups excluding carboxylic acids is 1. The van der Waals surface area contributed by atoms with Crippen LogP contribution in [0.15, 0.2) is 11.6 Å². The van der Waals surface area contributed by atoms with Crippen LogP contribution in [0.5, 0.6) is 0 Å². The quantitative estimate of drug-likeness (QED) is 0.435. The van der Waals surface area contributed by atoms with Gasteiger partial charge in [-0.3, -0.25) is 4.79 Å². The van der Waals surface area contributed by atoms with Crippen molar-refractivity contribution >= 4 is 5.97 Å². The fourth-order valence-electron chi connectivity index (χ4n) is 3.37. The van der Waals surface area contributed by atoms with Crippen LogP contribution < -0.4 is 0 Å². The molecule has 0 aromatic rings. The van der Waals surface area contributed by atoms with Gasteiger partial charge in [-0.15, -0.1) is 0 Å². The zero-order chi connectivity index (χ0) is 9.71.